The van der Waals surface area contributed by atoms with E-state index in [1.807, 2.05) is 18.2 Å². The van der Waals surface area contributed by atoms with E-state index in [4.69, 9.17) is 23.2 Å². The van der Waals surface area contributed by atoms with Crippen LogP contribution < -0.4 is 16.0 Å². The molecule has 0 radical (unpaired) electrons. The van der Waals surface area contributed by atoms with Crippen molar-refractivity contribution in [1.29, 1.82) is 0 Å². The van der Waals surface area contributed by atoms with Gasteiger partial charge in [-0.05, 0) is 55.3 Å². The van der Waals surface area contributed by atoms with Crippen LogP contribution in [-0.4, -0.2) is 35.7 Å². The quantitative estimate of drug-likeness (QED) is 0.508. The van der Waals surface area contributed by atoms with Gasteiger partial charge in [0, 0.05) is 46.5 Å². The second-order valence-corrected chi connectivity index (χ2v) is 8.84. The first kappa shape index (κ1) is 23.9. The first-order valence-corrected chi connectivity index (χ1v) is 11.8. The van der Waals surface area contributed by atoms with E-state index < -0.39 is 18.0 Å². The normalized spacial score (nSPS) is 17.3. The molecule has 1 atom stereocenters. The fourth-order valence-corrected chi connectivity index (χ4v) is 4.10. The van der Waals surface area contributed by atoms with Crippen molar-refractivity contribution in [2.75, 3.05) is 18.4 Å². The number of carbonyl (C=O) groups is 2. The molecule has 0 aromatic heterocycles. The summed E-state index contributed by atoms with van der Waals surface area (Å²) >= 11 is 12.3. The van der Waals surface area contributed by atoms with E-state index in [0.29, 0.717) is 33.4 Å². The molecule has 1 unspecified atom stereocenters. The summed E-state index contributed by atoms with van der Waals surface area (Å²) in [4.78, 5) is 25.9. The highest BCUT2D eigenvalue weighted by Crippen LogP contribution is 2.24. The molecule has 176 valence electrons. The lowest BCUT2D eigenvalue weighted by molar-refractivity contribution is -0.122. The van der Waals surface area contributed by atoms with Crippen LogP contribution in [0.15, 0.2) is 77.6 Å². The zero-order chi connectivity index (χ0) is 23.9. The van der Waals surface area contributed by atoms with Crippen LogP contribution in [-0.2, 0) is 4.79 Å². The molecule has 1 aliphatic carbocycles. The van der Waals surface area contributed by atoms with E-state index in [-0.39, 0.29) is 0 Å². The summed E-state index contributed by atoms with van der Waals surface area (Å²) in [6.07, 6.45) is 8.57. The molecule has 1 heterocycles. The Morgan fingerprint density at radius 2 is 1.68 bits per heavy atom. The highest BCUT2D eigenvalue weighted by Gasteiger charge is 2.25. The van der Waals surface area contributed by atoms with Gasteiger partial charge >= 0.3 is 6.03 Å². The average Bonchev–Trinajstić information content (AvgIpc) is 3.34. The SMILES string of the molecule is O=C(Nc1ccc(Cl)cc1)NC(C(=O)NC1=CCC(=NN2CCCC2)C=C1)c1ccccc1Cl. The molecular weight excluding hydrogens is 473 g/mol. The highest BCUT2D eigenvalue weighted by atomic mass is 35.5. The molecule has 4 rings (SSSR count). The lowest BCUT2D eigenvalue weighted by atomic mass is 10.1. The Morgan fingerprint density at radius 1 is 0.941 bits per heavy atom. The third kappa shape index (κ3) is 6.40. The largest absolute Gasteiger partial charge is 0.324 e. The third-order valence-corrected chi connectivity index (χ3v) is 6.06. The van der Waals surface area contributed by atoms with Gasteiger partial charge in [0.25, 0.3) is 5.91 Å². The van der Waals surface area contributed by atoms with Crippen molar-refractivity contribution in [2.24, 2.45) is 5.10 Å². The highest BCUT2D eigenvalue weighted by molar-refractivity contribution is 6.31. The van der Waals surface area contributed by atoms with Crippen molar-refractivity contribution in [1.82, 2.24) is 15.6 Å². The molecule has 1 aliphatic heterocycles. The maximum Gasteiger partial charge on any atom is 0.320 e. The molecule has 3 N–H and O–H groups in total. The maximum absolute atomic E-state index is 13.2. The molecule has 7 nitrogen and oxygen atoms in total. The molecule has 2 aromatic carbocycles. The van der Waals surface area contributed by atoms with Crippen molar-refractivity contribution in [3.05, 3.63) is 88.1 Å². The van der Waals surface area contributed by atoms with E-state index in [1.165, 1.54) is 12.8 Å². The standard InChI is InChI=1S/C25H25Cl2N5O2/c26-17-7-9-19(10-8-17)29-25(34)30-23(21-5-1-2-6-22(21)27)24(33)28-18-11-13-20(14-12-18)31-32-15-3-4-16-32/h1-2,5-13,23H,3-4,14-16H2,(H,28,33)(H2,29,30,34). The fourth-order valence-electron chi connectivity index (χ4n) is 3.73. The van der Waals surface area contributed by atoms with Gasteiger partial charge in [-0.3, -0.25) is 9.80 Å². The van der Waals surface area contributed by atoms with Crippen LogP contribution >= 0.6 is 23.2 Å². The number of hydrogen-bond acceptors (Lipinski definition) is 4. The number of hydrazone groups is 1. The lowest BCUT2D eigenvalue weighted by Gasteiger charge is -2.21. The summed E-state index contributed by atoms with van der Waals surface area (Å²) in [6.45, 7) is 1.96. The van der Waals surface area contributed by atoms with Crippen LogP contribution in [0.1, 0.15) is 30.9 Å². The van der Waals surface area contributed by atoms with Gasteiger partial charge in [-0.15, -0.1) is 0 Å². The van der Waals surface area contributed by atoms with Gasteiger partial charge in [0.15, 0.2) is 0 Å². The van der Waals surface area contributed by atoms with Crippen LogP contribution in [0.3, 0.4) is 0 Å². The van der Waals surface area contributed by atoms with Crippen LogP contribution in [0.4, 0.5) is 10.5 Å². The summed E-state index contributed by atoms with van der Waals surface area (Å²) in [7, 11) is 0. The summed E-state index contributed by atoms with van der Waals surface area (Å²) in [5, 5.41) is 16.0. The van der Waals surface area contributed by atoms with Gasteiger partial charge in [-0.1, -0.05) is 47.5 Å². The van der Waals surface area contributed by atoms with Gasteiger partial charge < -0.3 is 16.0 Å². The average molecular weight is 498 g/mol. The van der Waals surface area contributed by atoms with Gasteiger partial charge in [0.2, 0.25) is 0 Å². The molecule has 9 heteroatoms. The van der Waals surface area contributed by atoms with Crippen LogP contribution in [0, 0.1) is 0 Å². The third-order valence-electron chi connectivity index (χ3n) is 5.46. The van der Waals surface area contributed by atoms with Gasteiger partial charge in [-0.2, -0.15) is 5.10 Å². The Hall–Kier alpha value is -3.29. The van der Waals surface area contributed by atoms with Crippen molar-refractivity contribution >= 4 is 46.5 Å². The van der Waals surface area contributed by atoms with Gasteiger partial charge in [-0.25, -0.2) is 4.79 Å². The molecule has 1 saturated heterocycles. The Bertz CT molecular complexity index is 1140. The number of amides is 3. The Labute approximate surface area is 208 Å². The molecule has 0 saturated carbocycles. The Kier molecular flexibility index (Phi) is 7.87. The second kappa shape index (κ2) is 11.2. The topological polar surface area (TPSA) is 85.8 Å². The number of hydrogen-bond donors (Lipinski definition) is 3. The smallest absolute Gasteiger partial charge is 0.320 e. The number of nitrogens with zero attached hydrogens (tertiary/aromatic N) is 2. The van der Waals surface area contributed by atoms with Crippen LogP contribution in [0.5, 0.6) is 0 Å². The van der Waals surface area contributed by atoms with E-state index in [2.05, 4.69) is 26.1 Å². The molecule has 1 fully saturated rings. The molecule has 0 spiro atoms. The predicted molar refractivity (Wildman–Crippen MR) is 136 cm³/mol. The van der Waals surface area contributed by atoms with Gasteiger partial charge in [0.05, 0.1) is 5.71 Å². The lowest BCUT2D eigenvalue weighted by Crippen LogP contribution is -2.42. The van der Waals surface area contributed by atoms with E-state index in [9.17, 15) is 9.59 Å². The monoisotopic (exact) mass is 497 g/mol. The van der Waals surface area contributed by atoms with E-state index in [1.54, 1.807) is 48.5 Å². The number of benzene rings is 2. The number of allylic oxidation sites excluding steroid dienone is 3. The Morgan fingerprint density at radius 3 is 2.35 bits per heavy atom. The molecule has 2 aromatic rings. The van der Waals surface area contributed by atoms with Crippen LogP contribution in [0.2, 0.25) is 10.0 Å². The zero-order valence-corrected chi connectivity index (χ0v) is 19.9. The van der Waals surface area contributed by atoms with Gasteiger partial charge in [0.1, 0.15) is 6.04 Å². The molecule has 34 heavy (non-hydrogen) atoms. The number of carbonyl (C=O) groups excluding carboxylic acids is 2. The zero-order valence-electron chi connectivity index (χ0n) is 18.4. The van der Waals surface area contributed by atoms with Crippen molar-refractivity contribution in [2.45, 2.75) is 25.3 Å². The molecule has 2 aliphatic rings. The number of nitrogens with one attached hydrogen (secondary N) is 3. The minimum atomic E-state index is -1.00. The number of anilines is 1. The summed E-state index contributed by atoms with van der Waals surface area (Å²) in [6, 6.07) is 12.0. The molecule has 0 bridgehead atoms. The maximum atomic E-state index is 13.2. The number of rotatable bonds is 6. The first-order valence-electron chi connectivity index (χ1n) is 11.1. The van der Waals surface area contributed by atoms with Crippen molar-refractivity contribution < 1.29 is 9.59 Å². The molecular formula is C25H25Cl2N5O2. The summed E-state index contributed by atoms with van der Waals surface area (Å²) in [5.41, 5.74) is 2.62. The van der Waals surface area contributed by atoms with E-state index in [0.717, 1.165) is 18.8 Å². The Balaban J connectivity index is 1.44. The van der Waals surface area contributed by atoms with E-state index >= 15 is 0 Å². The summed E-state index contributed by atoms with van der Waals surface area (Å²) in [5.74, 6) is -0.407. The van der Waals surface area contributed by atoms with Crippen molar-refractivity contribution in [3.63, 3.8) is 0 Å². The minimum absolute atomic E-state index is 0.377. The first-order chi connectivity index (χ1) is 16.5. The summed E-state index contributed by atoms with van der Waals surface area (Å²) < 4.78 is 0. The predicted octanol–water partition coefficient (Wildman–Crippen LogP) is 5.27. The van der Waals surface area contributed by atoms with Crippen molar-refractivity contribution in [3.8, 4) is 0 Å². The molecule has 3 amide bonds. The van der Waals surface area contributed by atoms with Crippen LogP contribution in [0.25, 0.3) is 0 Å². The fraction of sp³-hybridized carbons (Fsp3) is 0.240. The number of halogens is 2. The minimum Gasteiger partial charge on any atom is -0.324 e. The number of urea groups is 1. The second-order valence-electron chi connectivity index (χ2n) is 8.00.